The third-order valence-corrected chi connectivity index (χ3v) is 5.20. The van der Waals surface area contributed by atoms with E-state index in [0.717, 1.165) is 18.6 Å². The highest BCUT2D eigenvalue weighted by Gasteiger charge is 2.23. The van der Waals surface area contributed by atoms with Gasteiger partial charge in [0, 0.05) is 35.8 Å². The van der Waals surface area contributed by atoms with Gasteiger partial charge in [-0.25, -0.2) is 0 Å². The normalized spacial score (nSPS) is 20.1. The summed E-state index contributed by atoms with van der Waals surface area (Å²) in [6.45, 7) is 1.00. The van der Waals surface area contributed by atoms with E-state index in [2.05, 4.69) is 51.4 Å². The maximum atomic E-state index is 3.65. The molecule has 20 heavy (non-hydrogen) atoms. The Kier molecular flexibility index (Phi) is 4.67. The van der Waals surface area contributed by atoms with Crippen LogP contribution >= 0.6 is 15.9 Å². The molecule has 1 aromatic rings. The molecule has 0 bridgehead atoms. The number of nitrogens with one attached hydrogen (secondary N) is 1. The van der Waals surface area contributed by atoms with Crippen molar-refractivity contribution in [2.24, 2.45) is 0 Å². The van der Waals surface area contributed by atoms with Crippen LogP contribution in [0.25, 0.3) is 0 Å². The first-order valence-corrected chi connectivity index (χ1v) is 8.78. The van der Waals surface area contributed by atoms with Crippen LogP contribution in [-0.4, -0.2) is 19.1 Å². The Hall–Kier alpha value is -0.540. The molecule has 2 saturated carbocycles. The third-order valence-electron chi connectivity index (χ3n) is 4.71. The van der Waals surface area contributed by atoms with E-state index in [1.54, 1.807) is 0 Å². The number of hydrogen-bond acceptors (Lipinski definition) is 2. The van der Waals surface area contributed by atoms with Gasteiger partial charge in [0.1, 0.15) is 0 Å². The lowest BCUT2D eigenvalue weighted by atomic mass is 9.94. The molecule has 3 rings (SSSR count). The molecule has 1 aromatic carbocycles. The minimum atomic E-state index is 0.720. The zero-order valence-electron chi connectivity index (χ0n) is 12.4. The van der Waals surface area contributed by atoms with E-state index in [-0.39, 0.29) is 0 Å². The molecule has 0 atom stereocenters. The lowest BCUT2D eigenvalue weighted by Gasteiger charge is -2.34. The molecule has 0 aliphatic heterocycles. The van der Waals surface area contributed by atoms with Gasteiger partial charge in [-0.15, -0.1) is 0 Å². The fourth-order valence-electron chi connectivity index (χ4n) is 3.22. The standard InChI is InChI=1S/C17H25BrN2/c1-20(16-5-3-2-4-6-16)17-11-14(18)8-7-13(17)12-19-15-9-10-15/h7-8,11,15-16,19H,2-6,9-10,12H2,1H3. The largest absolute Gasteiger partial charge is 0.371 e. The Balaban J connectivity index is 1.75. The van der Waals surface area contributed by atoms with Gasteiger partial charge in [-0.2, -0.15) is 0 Å². The van der Waals surface area contributed by atoms with Crippen molar-refractivity contribution in [1.29, 1.82) is 0 Å². The number of nitrogens with zero attached hydrogens (tertiary/aromatic N) is 1. The van der Waals surface area contributed by atoms with Crippen molar-refractivity contribution in [3.8, 4) is 0 Å². The molecular formula is C17H25BrN2. The van der Waals surface area contributed by atoms with Crippen molar-refractivity contribution in [3.63, 3.8) is 0 Å². The summed E-state index contributed by atoms with van der Waals surface area (Å²) in [4.78, 5) is 2.52. The van der Waals surface area contributed by atoms with Gasteiger partial charge in [-0.1, -0.05) is 41.3 Å². The van der Waals surface area contributed by atoms with E-state index in [4.69, 9.17) is 0 Å². The Morgan fingerprint density at radius 3 is 2.60 bits per heavy atom. The predicted octanol–water partition coefficient (Wildman–Crippen LogP) is 4.47. The molecule has 0 radical (unpaired) electrons. The van der Waals surface area contributed by atoms with Crippen molar-refractivity contribution < 1.29 is 0 Å². The second kappa shape index (κ2) is 6.48. The lowest BCUT2D eigenvalue weighted by Crippen LogP contribution is -2.34. The SMILES string of the molecule is CN(c1cc(Br)ccc1CNC1CC1)C1CCCCC1. The van der Waals surface area contributed by atoms with Crippen molar-refractivity contribution in [1.82, 2.24) is 5.32 Å². The van der Waals surface area contributed by atoms with Crippen molar-refractivity contribution in [2.45, 2.75) is 63.6 Å². The zero-order valence-corrected chi connectivity index (χ0v) is 14.0. The first-order valence-electron chi connectivity index (χ1n) is 7.98. The Labute approximate surface area is 131 Å². The lowest BCUT2D eigenvalue weighted by molar-refractivity contribution is 0.427. The highest BCUT2D eigenvalue weighted by molar-refractivity contribution is 9.10. The van der Waals surface area contributed by atoms with Gasteiger partial charge in [0.15, 0.2) is 0 Å². The molecule has 0 aromatic heterocycles. The van der Waals surface area contributed by atoms with Gasteiger partial charge in [0.2, 0.25) is 0 Å². The molecule has 2 aliphatic carbocycles. The monoisotopic (exact) mass is 336 g/mol. The highest BCUT2D eigenvalue weighted by atomic mass is 79.9. The molecular weight excluding hydrogens is 312 g/mol. The summed E-state index contributed by atoms with van der Waals surface area (Å²) >= 11 is 3.63. The van der Waals surface area contributed by atoms with E-state index < -0.39 is 0 Å². The average molecular weight is 337 g/mol. The average Bonchev–Trinajstić information content (AvgIpc) is 3.30. The predicted molar refractivity (Wildman–Crippen MR) is 89.3 cm³/mol. The van der Waals surface area contributed by atoms with Crippen LogP contribution in [0.3, 0.4) is 0 Å². The maximum absolute atomic E-state index is 3.65. The van der Waals surface area contributed by atoms with E-state index in [1.807, 2.05) is 0 Å². The van der Waals surface area contributed by atoms with Gasteiger partial charge in [-0.05, 0) is 43.4 Å². The van der Waals surface area contributed by atoms with Crippen LogP contribution < -0.4 is 10.2 Å². The minimum absolute atomic E-state index is 0.720. The second-order valence-electron chi connectivity index (χ2n) is 6.33. The van der Waals surface area contributed by atoms with Crippen molar-refractivity contribution in [2.75, 3.05) is 11.9 Å². The molecule has 2 nitrogen and oxygen atoms in total. The fourth-order valence-corrected chi connectivity index (χ4v) is 3.57. The van der Waals surface area contributed by atoms with Crippen molar-refractivity contribution >= 4 is 21.6 Å². The second-order valence-corrected chi connectivity index (χ2v) is 7.25. The van der Waals surface area contributed by atoms with Crippen LogP contribution in [0, 0.1) is 0 Å². The molecule has 0 saturated heterocycles. The smallest absolute Gasteiger partial charge is 0.0423 e. The molecule has 0 spiro atoms. The van der Waals surface area contributed by atoms with E-state index in [9.17, 15) is 0 Å². The van der Waals surface area contributed by atoms with Gasteiger partial charge < -0.3 is 10.2 Å². The number of halogens is 1. The fraction of sp³-hybridized carbons (Fsp3) is 0.647. The maximum Gasteiger partial charge on any atom is 0.0423 e. The zero-order chi connectivity index (χ0) is 13.9. The third kappa shape index (κ3) is 3.56. The molecule has 0 amide bonds. The first-order chi connectivity index (χ1) is 9.74. The van der Waals surface area contributed by atoms with Crippen LogP contribution in [0.4, 0.5) is 5.69 Å². The number of hydrogen-bond donors (Lipinski definition) is 1. The molecule has 110 valence electrons. The summed E-state index contributed by atoms with van der Waals surface area (Å²) in [7, 11) is 2.28. The van der Waals surface area contributed by atoms with E-state index in [1.165, 1.54) is 60.7 Å². The quantitative estimate of drug-likeness (QED) is 0.853. The van der Waals surface area contributed by atoms with Gasteiger partial charge in [0.05, 0.1) is 0 Å². The van der Waals surface area contributed by atoms with Crippen LogP contribution in [0.5, 0.6) is 0 Å². The number of anilines is 1. The molecule has 1 N–H and O–H groups in total. The molecule has 3 heteroatoms. The summed E-state index contributed by atoms with van der Waals surface area (Å²) in [6.07, 6.45) is 9.59. The Bertz CT molecular complexity index is 450. The first kappa shape index (κ1) is 14.4. The van der Waals surface area contributed by atoms with E-state index in [0.29, 0.717) is 0 Å². The van der Waals surface area contributed by atoms with Crippen LogP contribution in [0.15, 0.2) is 22.7 Å². The topological polar surface area (TPSA) is 15.3 Å². The van der Waals surface area contributed by atoms with Crippen LogP contribution in [0.2, 0.25) is 0 Å². The Morgan fingerprint density at radius 1 is 1.15 bits per heavy atom. The summed E-state index contributed by atoms with van der Waals surface area (Å²) in [5.74, 6) is 0. The van der Waals surface area contributed by atoms with E-state index >= 15 is 0 Å². The summed E-state index contributed by atoms with van der Waals surface area (Å²) in [5, 5.41) is 3.65. The number of rotatable bonds is 5. The molecule has 2 aliphatic rings. The van der Waals surface area contributed by atoms with Gasteiger partial charge in [0.25, 0.3) is 0 Å². The summed E-state index contributed by atoms with van der Waals surface area (Å²) < 4.78 is 1.19. The summed E-state index contributed by atoms with van der Waals surface area (Å²) in [6, 6.07) is 8.22. The van der Waals surface area contributed by atoms with Gasteiger partial charge >= 0.3 is 0 Å². The highest BCUT2D eigenvalue weighted by Crippen LogP contribution is 2.31. The van der Waals surface area contributed by atoms with Crippen LogP contribution in [-0.2, 0) is 6.54 Å². The van der Waals surface area contributed by atoms with Crippen LogP contribution in [0.1, 0.15) is 50.5 Å². The Morgan fingerprint density at radius 2 is 1.90 bits per heavy atom. The van der Waals surface area contributed by atoms with Gasteiger partial charge in [-0.3, -0.25) is 0 Å². The molecule has 0 unspecified atom stereocenters. The number of benzene rings is 1. The molecule has 0 heterocycles. The van der Waals surface area contributed by atoms with Crippen molar-refractivity contribution in [3.05, 3.63) is 28.2 Å². The summed E-state index contributed by atoms with van der Waals surface area (Å²) in [5.41, 5.74) is 2.84. The minimum Gasteiger partial charge on any atom is -0.371 e. The molecule has 2 fully saturated rings.